The van der Waals surface area contributed by atoms with Crippen LogP contribution in [-0.2, 0) is 14.8 Å². The van der Waals surface area contributed by atoms with Gasteiger partial charge in [-0.05, 0) is 41.8 Å². The van der Waals surface area contributed by atoms with E-state index < -0.39 is 22.5 Å². The van der Waals surface area contributed by atoms with Crippen LogP contribution in [0.5, 0.6) is 5.75 Å². The minimum Gasteiger partial charge on any atom is -0.495 e. The van der Waals surface area contributed by atoms with E-state index in [1.807, 2.05) is 12.1 Å². The van der Waals surface area contributed by atoms with E-state index in [0.29, 0.717) is 11.6 Å². The zero-order valence-corrected chi connectivity index (χ0v) is 16.3. The van der Waals surface area contributed by atoms with E-state index >= 15 is 0 Å². The summed E-state index contributed by atoms with van der Waals surface area (Å²) < 4.78 is 32.1. The summed E-state index contributed by atoms with van der Waals surface area (Å²) in [5.41, 5.74) is 1.75. The average Bonchev–Trinajstić information content (AvgIpc) is 2.60. The van der Waals surface area contributed by atoms with Crippen molar-refractivity contribution in [1.82, 2.24) is 4.72 Å². The molecule has 0 aliphatic rings. The van der Waals surface area contributed by atoms with Gasteiger partial charge in [-0.3, -0.25) is 4.79 Å². The van der Waals surface area contributed by atoms with Crippen molar-refractivity contribution >= 4 is 33.2 Å². The summed E-state index contributed by atoms with van der Waals surface area (Å²) >= 11 is 5.86. The molecule has 0 heterocycles. The molecule has 0 atom stereocenters. The number of sulfonamides is 1. The van der Waals surface area contributed by atoms with E-state index in [1.54, 1.807) is 12.1 Å². The van der Waals surface area contributed by atoms with E-state index in [2.05, 4.69) is 23.9 Å². The van der Waals surface area contributed by atoms with Crippen molar-refractivity contribution in [2.24, 2.45) is 0 Å². The zero-order chi connectivity index (χ0) is 19.3. The van der Waals surface area contributed by atoms with E-state index in [-0.39, 0.29) is 15.7 Å². The Bertz CT molecular complexity index is 881. The molecular weight excluding hydrogens is 376 g/mol. The predicted molar refractivity (Wildman–Crippen MR) is 102 cm³/mol. The minimum absolute atomic E-state index is 0.124. The first-order valence-corrected chi connectivity index (χ1v) is 9.82. The SMILES string of the molecule is COc1ccc(Cl)cc1S(=O)(=O)NCC(=O)Nc1ccc(C(C)C)cc1. The summed E-state index contributed by atoms with van der Waals surface area (Å²) in [4.78, 5) is 11.9. The lowest BCUT2D eigenvalue weighted by Crippen LogP contribution is -2.33. The zero-order valence-electron chi connectivity index (χ0n) is 14.7. The maximum Gasteiger partial charge on any atom is 0.244 e. The van der Waals surface area contributed by atoms with Crippen molar-refractivity contribution in [3.05, 3.63) is 53.1 Å². The third-order valence-corrected chi connectivity index (χ3v) is 5.36. The maximum atomic E-state index is 12.4. The summed E-state index contributed by atoms with van der Waals surface area (Å²) in [6.07, 6.45) is 0. The van der Waals surface area contributed by atoms with Crippen molar-refractivity contribution in [3.8, 4) is 5.75 Å². The Kier molecular flexibility index (Phi) is 6.63. The lowest BCUT2D eigenvalue weighted by molar-refractivity contribution is -0.115. The van der Waals surface area contributed by atoms with Gasteiger partial charge >= 0.3 is 0 Å². The monoisotopic (exact) mass is 396 g/mol. The van der Waals surface area contributed by atoms with Crippen LogP contribution < -0.4 is 14.8 Å². The van der Waals surface area contributed by atoms with E-state index in [0.717, 1.165) is 5.56 Å². The molecule has 2 N–H and O–H groups in total. The van der Waals surface area contributed by atoms with Crippen LogP contribution in [0.1, 0.15) is 25.3 Å². The van der Waals surface area contributed by atoms with Crippen LogP contribution >= 0.6 is 11.6 Å². The fraction of sp³-hybridized carbons (Fsp3) is 0.278. The number of benzene rings is 2. The number of carbonyl (C=O) groups is 1. The van der Waals surface area contributed by atoms with Gasteiger partial charge in [0.15, 0.2) is 0 Å². The second-order valence-corrected chi connectivity index (χ2v) is 8.12. The standard InChI is InChI=1S/C18H21ClN2O4S/c1-12(2)13-4-7-15(8-5-13)21-18(22)11-20-26(23,24)17-10-14(19)6-9-16(17)25-3/h4-10,12,20H,11H2,1-3H3,(H,21,22). The van der Waals surface area contributed by atoms with Gasteiger partial charge < -0.3 is 10.1 Å². The minimum atomic E-state index is -3.95. The van der Waals surface area contributed by atoms with Gasteiger partial charge in [-0.2, -0.15) is 0 Å². The van der Waals surface area contributed by atoms with Crippen molar-refractivity contribution in [3.63, 3.8) is 0 Å². The maximum absolute atomic E-state index is 12.4. The van der Waals surface area contributed by atoms with Crippen LogP contribution in [0.4, 0.5) is 5.69 Å². The molecule has 0 bridgehead atoms. The van der Waals surface area contributed by atoms with E-state index in [4.69, 9.17) is 16.3 Å². The van der Waals surface area contributed by atoms with Gasteiger partial charge in [0.25, 0.3) is 0 Å². The Morgan fingerprint density at radius 1 is 1.15 bits per heavy atom. The fourth-order valence-corrected chi connectivity index (χ4v) is 3.67. The summed E-state index contributed by atoms with van der Waals surface area (Å²) in [5, 5.41) is 2.90. The van der Waals surface area contributed by atoms with Gasteiger partial charge in [0.2, 0.25) is 15.9 Å². The summed E-state index contributed by atoms with van der Waals surface area (Å²) in [7, 11) is -2.59. The largest absolute Gasteiger partial charge is 0.495 e. The molecule has 2 aromatic rings. The highest BCUT2D eigenvalue weighted by atomic mass is 35.5. The van der Waals surface area contributed by atoms with E-state index in [9.17, 15) is 13.2 Å². The second kappa shape index (κ2) is 8.53. The Balaban J connectivity index is 2.03. The van der Waals surface area contributed by atoms with Gasteiger partial charge in [0.05, 0.1) is 13.7 Å². The fourth-order valence-electron chi connectivity index (χ4n) is 2.26. The van der Waals surface area contributed by atoms with Crippen molar-refractivity contribution < 1.29 is 17.9 Å². The lowest BCUT2D eigenvalue weighted by Gasteiger charge is -2.12. The van der Waals surface area contributed by atoms with Crippen LogP contribution in [0.3, 0.4) is 0 Å². The molecule has 0 saturated carbocycles. The smallest absolute Gasteiger partial charge is 0.244 e. The molecule has 0 spiro atoms. The van der Waals surface area contributed by atoms with Gasteiger partial charge in [-0.25, -0.2) is 13.1 Å². The number of amides is 1. The quantitative estimate of drug-likeness (QED) is 0.751. The summed E-state index contributed by atoms with van der Waals surface area (Å²) in [5.74, 6) is 0.0534. The number of ether oxygens (including phenoxy) is 1. The van der Waals surface area contributed by atoms with Crippen molar-refractivity contribution in [2.75, 3.05) is 19.0 Å². The first-order chi connectivity index (χ1) is 12.2. The van der Waals surface area contributed by atoms with Crippen LogP contribution in [0.25, 0.3) is 0 Å². The van der Waals surface area contributed by atoms with Gasteiger partial charge in [-0.1, -0.05) is 37.6 Å². The van der Waals surface area contributed by atoms with E-state index in [1.165, 1.54) is 25.3 Å². The molecule has 2 aromatic carbocycles. The highest BCUT2D eigenvalue weighted by Crippen LogP contribution is 2.26. The highest BCUT2D eigenvalue weighted by Gasteiger charge is 2.21. The Morgan fingerprint density at radius 3 is 2.38 bits per heavy atom. The van der Waals surface area contributed by atoms with Crippen LogP contribution in [-0.4, -0.2) is 28.0 Å². The first kappa shape index (κ1) is 20.2. The number of methoxy groups -OCH3 is 1. The molecular formula is C18H21ClN2O4S. The molecule has 2 rings (SSSR count). The molecule has 0 aliphatic carbocycles. The Labute approximate surface area is 158 Å². The molecule has 0 fully saturated rings. The molecule has 1 amide bonds. The van der Waals surface area contributed by atoms with Crippen molar-refractivity contribution in [1.29, 1.82) is 0 Å². The summed E-state index contributed by atoms with van der Waals surface area (Å²) in [6.45, 7) is 3.74. The van der Waals surface area contributed by atoms with Gasteiger partial charge in [-0.15, -0.1) is 0 Å². The Hall–Kier alpha value is -2.09. The number of hydrogen-bond acceptors (Lipinski definition) is 4. The summed E-state index contributed by atoms with van der Waals surface area (Å²) in [6, 6.07) is 11.6. The number of halogens is 1. The molecule has 0 radical (unpaired) electrons. The highest BCUT2D eigenvalue weighted by molar-refractivity contribution is 7.89. The van der Waals surface area contributed by atoms with Gasteiger partial charge in [0.1, 0.15) is 10.6 Å². The number of carbonyl (C=O) groups excluding carboxylic acids is 1. The van der Waals surface area contributed by atoms with Crippen LogP contribution in [0.15, 0.2) is 47.4 Å². The second-order valence-electron chi connectivity index (χ2n) is 5.94. The number of nitrogens with one attached hydrogen (secondary N) is 2. The molecule has 0 aromatic heterocycles. The number of hydrogen-bond donors (Lipinski definition) is 2. The molecule has 6 nitrogen and oxygen atoms in total. The molecule has 8 heteroatoms. The molecule has 26 heavy (non-hydrogen) atoms. The van der Waals surface area contributed by atoms with Crippen LogP contribution in [0, 0.1) is 0 Å². The molecule has 0 saturated heterocycles. The topological polar surface area (TPSA) is 84.5 Å². The Morgan fingerprint density at radius 2 is 1.81 bits per heavy atom. The molecule has 0 unspecified atom stereocenters. The molecule has 140 valence electrons. The van der Waals surface area contributed by atoms with Gasteiger partial charge in [0, 0.05) is 10.7 Å². The third kappa shape index (κ3) is 5.20. The molecule has 0 aliphatic heterocycles. The third-order valence-electron chi connectivity index (χ3n) is 3.70. The van der Waals surface area contributed by atoms with Crippen molar-refractivity contribution in [2.45, 2.75) is 24.7 Å². The van der Waals surface area contributed by atoms with Crippen LogP contribution in [0.2, 0.25) is 5.02 Å². The number of anilines is 1. The predicted octanol–water partition coefficient (Wildman–Crippen LogP) is 3.39. The first-order valence-electron chi connectivity index (χ1n) is 7.96. The average molecular weight is 397 g/mol. The number of rotatable bonds is 7. The lowest BCUT2D eigenvalue weighted by atomic mass is 10.0. The normalized spacial score (nSPS) is 11.4.